The first-order chi connectivity index (χ1) is 8.76. The van der Waals surface area contributed by atoms with E-state index in [0.717, 1.165) is 25.0 Å². The van der Waals surface area contributed by atoms with E-state index >= 15 is 0 Å². The highest BCUT2D eigenvalue weighted by Gasteiger charge is 2.45. The molecule has 0 aromatic heterocycles. The lowest BCUT2D eigenvalue weighted by Gasteiger charge is -2.48. The molecular formula is C15H30N2O. The smallest absolute Gasteiger partial charge is 0.0491 e. The Balaban J connectivity index is 1.97. The Kier molecular flexibility index (Phi) is 5.05. The highest BCUT2D eigenvalue weighted by Crippen LogP contribution is 2.43. The van der Waals surface area contributed by atoms with Crippen molar-refractivity contribution in [2.24, 2.45) is 17.6 Å². The third-order valence-electron chi connectivity index (χ3n) is 5.42. The van der Waals surface area contributed by atoms with Crippen molar-refractivity contribution in [3.63, 3.8) is 0 Å². The Bertz CT molecular complexity index is 251. The maximum Gasteiger partial charge on any atom is 0.0491 e. The fraction of sp³-hybridized carbons (Fsp3) is 1.00. The maximum absolute atomic E-state index is 6.19. The average molecular weight is 254 g/mol. The van der Waals surface area contributed by atoms with E-state index in [4.69, 9.17) is 10.5 Å². The Morgan fingerprint density at radius 1 is 1.28 bits per heavy atom. The minimum atomic E-state index is 0.326. The molecule has 3 nitrogen and oxygen atoms in total. The van der Waals surface area contributed by atoms with Gasteiger partial charge in [0.1, 0.15) is 0 Å². The molecule has 2 fully saturated rings. The van der Waals surface area contributed by atoms with Crippen molar-refractivity contribution in [2.45, 2.75) is 51.0 Å². The van der Waals surface area contributed by atoms with Crippen LogP contribution in [-0.4, -0.2) is 43.8 Å². The number of hydrogen-bond donors (Lipinski definition) is 1. The molecule has 18 heavy (non-hydrogen) atoms. The number of likely N-dealkylation sites (tertiary alicyclic amines) is 1. The van der Waals surface area contributed by atoms with Gasteiger partial charge in [-0.3, -0.25) is 4.90 Å². The van der Waals surface area contributed by atoms with Gasteiger partial charge in [0.25, 0.3) is 0 Å². The fourth-order valence-electron chi connectivity index (χ4n) is 4.31. The van der Waals surface area contributed by atoms with Gasteiger partial charge in [-0.1, -0.05) is 19.8 Å². The molecular weight excluding hydrogens is 224 g/mol. The van der Waals surface area contributed by atoms with E-state index in [1.54, 1.807) is 0 Å². The zero-order valence-electron chi connectivity index (χ0n) is 12.2. The van der Waals surface area contributed by atoms with Gasteiger partial charge < -0.3 is 10.5 Å². The second-order valence-electron chi connectivity index (χ2n) is 6.19. The Labute approximate surface area is 112 Å². The Morgan fingerprint density at radius 3 is 2.56 bits per heavy atom. The van der Waals surface area contributed by atoms with E-state index in [9.17, 15) is 0 Å². The number of nitrogens with zero attached hydrogens (tertiary/aromatic N) is 1. The summed E-state index contributed by atoms with van der Waals surface area (Å²) in [5.74, 6) is 1.59. The fourth-order valence-corrected chi connectivity index (χ4v) is 4.31. The highest BCUT2D eigenvalue weighted by atomic mass is 16.5. The molecule has 2 atom stereocenters. The first-order valence-electron chi connectivity index (χ1n) is 7.71. The summed E-state index contributed by atoms with van der Waals surface area (Å²) in [5, 5.41) is 0. The summed E-state index contributed by atoms with van der Waals surface area (Å²) in [6, 6.07) is 0. The SMILES string of the molecule is CCC1CCCC1(CN)N1CCC(COC)CC1. The van der Waals surface area contributed by atoms with Crippen LogP contribution in [0.1, 0.15) is 45.4 Å². The van der Waals surface area contributed by atoms with E-state index in [-0.39, 0.29) is 0 Å². The third-order valence-corrected chi connectivity index (χ3v) is 5.42. The number of hydrogen-bond acceptors (Lipinski definition) is 3. The molecule has 1 heterocycles. The molecule has 1 aliphatic heterocycles. The van der Waals surface area contributed by atoms with Crippen molar-refractivity contribution >= 4 is 0 Å². The molecule has 0 bridgehead atoms. The minimum absolute atomic E-state index is 0.326. The lowest BCUT2D eigenvalue weighted by molar-refractivity contribution is 0.0109. The third kappa shape index (κ3) is 2.59. The van der Waals surface area contributed by atoms with Gasteiger partial charge >= 0.3 is 0 Å². The summed E-state index contributed by atoms with van der Waals surface area (Å²) < 4.78 is 5.29. The van der Waals surface area contributed by atoms with Crippen LogP contribution in [0.3, 0.4) is 0 Å². The van der Waals surface area contributed by atoms with E-state index < -0.39 is 0 Å². The topological polar surface area (TPSA) is 38.5 Å². The van der Waals surface area contributed by atoms with Crippen LogP contribution in [0.2, 0.25) is 0 Å². The summed E-state index contributed by atoms with van der Waals surface area (Å²) in [5.41, 5.74) is 6.52. The molecule has 0 aromatic rings. The van der Waals surface area contributed by atoms with Crippen LogP contribution in [0.4, 0.5) is 0 Å². The van der Waals surface area contributed by atoms with Crippen LogP contribution in [0.15, 0.2) is 0 Å². The predicted molar refractivity (Wildman–Crippen MR) is 75.6 cm³/mol. The molecule has 3 heteroatoms. The number of ether oxygens (including phenoxy) is 1. The Hall–Kier alpha value is -0.120. The molecule has 2 N–H and O–H groups in total. The van der Waals surface area contributed by atoms with Gasteiger partial charge in [-0.25, -0.2) is 0 Å². The monoisotopic (exact) mass is 254 g/mol. The zero-order chi connectivity index (χ0) is 13.0. The van der Waals surface area contributed by atoms with Gasteiger partial charge in [0.05, 0.1) is 0 Å². The largest absolute Gasteiger partial charge is 0.384 e. The van der Waals surface area contributed by atoms with Crippen molar-refractivity contribution < 1.29 is 4.74 Å². The number of nitrogens with two attached hydrogens (primary N) is 1. The zero-order valence-corrected chi connectivity index (χ0v) is 12.2. The van der Waals surface area contributed by atoms with Crippen molar-refractivity contribution in [2.75, 3.05) is 33.4 Å². The van der Waals surface area contributed by atoms with Crippen LogP contribution in [0.5, 0.6) is 0 Å². The molecule has 0 aromatic carbocycles. The van der Waals surface area contributed by atoms with Crippen LogP contribution in [-0.2, 0) is 4.74 Å². The molecule has 106 valence electrons. The summed E-state index contributed by atoms with van der Waals surface area (Å²) in [6.07, 6.45) is 7.92. The Morgan fingerprint density at radius 2 is 2.00 bits per heavy atom. The quantitative estimate of drug-likeness (QED) is 0.818. The molecule has 0 spiro atoms. The first kappa shape index (κ1) is 14.3. The summed E-state index contributed by atoms with van der Waals surface area (Å²) in [4.78, 5) is 2.72. The molecule has 0 amide bonds. The van der Waals surface area contributed by atoms with Gasteiger partial charge in [-0.2, -0.15) is 0 Å². The van der Waals surface area contributed by atoms with E-state index in [2.05, 4.69) is 11.8 Å². The lowest BCUT2D eigenvalue weighted by Crippen LogP contribution is -2.58. The second-order valence-corrected chi connectivity index (χ2v) is 6.19. The summed E-state index contributed by atoms with van der Waals surface area (Å²) >= 11 is 0. The van der Waals surface area contributed by atoms with Crippen molar-refractivity contribution in [3.05, 3.63) is 0 Å². The van der Waals surface area contributed by atoms with Gasteiger partial charge in [-0.05, 0) is 50.6 Å². The van der Waals surface area contributed by atoms with Gasteiger partial charge in [0, 0.05) is 25.8 Å². The normalized spacial score (nSPS) is 35.2. The molecule has 1 saturated heterocycles. The van der Waals surface area contributed by atoms with Gasteiger partial charge in [0.2, 0.25) is 0 Å². The number of methoxy groups -OCH3 is 1. The van der Waals surface area contributed by atoms with E-state index in [1.807, 2.05) is 7.11 Å². The van der Waals surface area contributed by atoms with Crippen LogP contribution in [0.25, 0.3) is 0 Å². The van der Waals surface area contributed by atoms with Crippen molar-refractivity contribution in [1.29, 1.82) is 0 Å². The van der Waals surface area contributed by atoms with Crippen LogP contribution in [0, 0.1) is 11.8 Å². The molecule has 1 aliphatic carbocycles. The number of rotatable bonds is 5. The average Bonchev–Trinajstić information content (AvgIpc) is 2.84. The number of piperidine rings is 1. The molecule has 2 rings (SSSR count). The highest BCUT2D eigenvalue weighted by molar-refractivity contribution is 5.02. The van der Waals surface area contributed by atoms with Crippen LogP contribution < -0.4 is 5.73 Å². The van der Waals surface area contributed by atoms with Crippen LogP contribution >= 0.6 is 0 Å². The second kappa shape index (κ2) is 6.36. The molecule has 1 saturated carbocycles. The molecule has 2 aliphatic rings. The van der Waals surface area contributed by atoms with E-state index in [0.29, 0.717) is 5.54 Å². The van der Waals surface area contributed by atoms with Gasteiger partial charge in [0.15, 0.2) is 0 Å². The summed E-state index contributed by atoms with van der Waals surface area (Å²) in [6.45, 7) is 6.56. The van der Waals surface area contributed by atoms with Crippen molar-refractivity contribution in [3.8, 4) is 0 Å². The molecule has 0 radical (unpaired) electrons. The first-order valence-corrected chi connectivity index (χ1v) is 7.71. The maximum atomic E-state index is 6.19. The van der Waals surface area contributed by atoms with Gasteiger partial charge in [-0.15, -0.1) is 0 Å². The predicted octanol–water partition coefficient (Wildman–Crippen LogP) is 2.25. The molecule has 2 unspecified atom stereocenters. The lowest BCUT2D eigenvalue weighted by atomic mass is 9.81. The standard InChI is InChI=1S/C15H30N2O/c1-3-14-5-4-8-15(14,12-16)17-9-6-13(7-10-17)11-18-2/h13-14H,3-12,16H2,1-2H3. The van der Waals surface area contributed by atoms with E-state index in [1.165, 1.54) is 51.6 Å². The van der Waals surface area contributed by atoms with Crippen molar-refractivity contribution in [1.82, 2.24) is 4.90 Å². The minimum Gasteiger partial charge on any atom is -0.384 e. The summed E-state index contributed by atoms with van der Waals surface area (Å²) in [7, 11) is 1.82.